The molecule has 1 aromatic heterocycles. The third kappa shape index (κ3) is 3.67. The number of rotatable bonds is 3. The Labute approximate surface area is 145 Å². The Morgan fingerprint density at radius 2 is 2.20 bits per heavy atom. The largest absolute Gasteiger partial charge is 0.487 e. The average molecular weight is 348 g/mol. The number of anilines is 1. The van der Waals surface area contributed by atoms with E-state index in [1.165, 1.54) is 23.9 Å². The van der Waals surface area contributed by atoms with Crippen molar-refractivity contribution in [1.82, 2.24) is 15.1 Å². The van der Waals surface area contributed by atoms with Gasteiger partial charge in [0.25, 0.3) is 0 Å². The molecule has 0 fully saturated rings. The third-order valence-electron chi connectivity index (χ3n) is 4.05. The molecule has 134 valence electrons. The third-order valence-corrected chi connectivity index (χ3v) is 4.05. The number of amides is 2. The summed E-state index contributed by atoms with van der Waals surface area (Å²) in [5, 5.41) is 9.74. The van der Waals surface area contributed by atoms with E-state index in [0.29, 0.717) is 23.9 Å². The van der Waals surface area contributed by atoms with Crippen LogP contribution in [0.25, 0.3) is 0 Å². The first-order chi connectivity index (χ1) is 11.8. The van der Waals surface area contributed by atoms with Gasteiger partial charge in [-0.25, -0.2) is 13.9 Å². The number of aryl methyl sites for hydroxylation is 1. The van der Waals surface area contributed by atoms with Crippen molar-refractivity contribution in [3.05, 3.63) is 35.6 Å². The van der Waals surface area contributed by atoms with Gasteiger partial charge in [0.2, 0.25) is 5.88 Å². The maximum Gasteiger partial charge on any atom is 0.320 e. The molecular formula is C17H21FN4O3. The van der Waals surface area contributed by atoms with Crippen molar-refractivity contribution in [3.63, 3.8) is 0 Å². The van der Waals surface area contributed by atoms with Crippen molar-refractivity contribution in [2.24, 2.45) is 7.05 Å². The zero-order valence-corrected chi connectivity index (χ0v) is 14.6. The first-order valence-electron chi connectivity index (χ1n) is 7.91. The van der Waals surface area contributed by atoms with E-state index in [2.05, 4.69) is 15.7 Å². The van der Waals surface area contributed by atoms with Gasteiger partial charge in [0, 0.05) is 31.2 Å². The highest BCUT2D eigenvalue weighted by Crippen LogP contribution is 2.39. The summed E-state index contributed by atoms with van der Waals surface area (Å²) >= 11 is 0. The number of benzene rings is 1. The number of methoxy groups -OCH3 is 1. The standard InChI is InChI=1S/C17H21FN4O3/c1-17(2)9-12(11-6-5-10(18)7-13(11)25-17)19-16(23)20-14-8-15(24-4)21-22(14)3/h5-8,12H,9H2,1-4H3,(H2,19,20,23). The fraction of sp³-hybridized carbons (Fsp3) is 0.412. The molecule has 1 aromatic carbocycles. The van der Waals surface area contributed by atoms with Crippen molar-refractivity contribution >= 4 is 11.8 Å². The molecule has 0 aliphatic carbocycles. The molecule has 2 heterocycles. The van der Waals surface area contributed by atoms with Gasteiger partial charge < -0.3 is 14.8 Å². The minimum absolute atomic E-state index is 0.297. The van der Waals surface area contributed by atoms with E-state index in [1.54, 1.807) is 19.2 Å². The Kier molecular flexibility index (Phi) is 4.28. The number of hydrogen-bond donors (Lipinski definition) is 2. The van der Waals surface area contributed by atoms with E-state index in [9.17, 15) is 9.18 Å². The van der Waals surface area contributed by atoms with Gasteiger partial charge in [-0.05, 0) is 19.9 Å². The van der Waals surface area contributed by atoms with E-state index >= 15 is 0 Å². The Bertz CT molecular complexity index is 803. The fourth-order valence-corrected chi connectivity index (χ4v) is 2.92. The first-order valence-corrected chi connectivity index (χ1v) is 7.91. The lowest BCUT2D eigenvalue weighted by atomic mass is 9.90. The zero-order chi connectivity index (χ0) is 18.2. The maximum atomic E-state index is 13.5. The molecule has 2 aromatic rings. The molecule has 0 radical (unpaired) electrons. The summed E-state index contributed by atoms with van der Waals surface area (Å²) in [6.07, 6.45) is 0.563. The van der Waals surface area contributed by atoms with Crippen molar-refractivity contribution in [3.8, 4) is 11.6 Å². The summed E-state index contributed by atoms with van der Waals surface area (Å²) in [4.78, 5) is 12.4. The van der Waals surface area contributed by atoms with Crippen LogP contribution in [-0.2, 0) is 7.05 Å². The second kappa shape index (κ2) is 6.27. The molecule has 0 bridgehead atoms. The van der Waals surface area contributed by atoms with E-state index in [1.807, 2.05) is 13.8 Å². The van der Waals surface area contributed by atoms with Crippen LogP contribution in [0.2, 0.25) is 0 Å². The van der Waals surface area contributed by atoms with Crippen LogP contribution in [0.15, 0.2) is 24.3 Å². The minimum Gasteiger partial charge on any atom is -0.487 e. The molecular weight excluding hydrogens is 327 g/mol. The quantitative estimate of drug-likeness (QED) is 0.894. The first kappa shape index (κ1) is 17.1. The van der Waals surface area contributed by atoms with Crippen LogP contribution in [0.1, 0.15) is 31.9 Å². The Morgan fingerprint density at radius 1 is 1.44 bits per heavy atom. The highest BCUT2D eigenvalue weighted by molar-refractivity contribution is 5.88. The SMILES string of the molecule is COc1cc(NC(=O)NC2CC(C)(C)Oc3cc(F)ccc32)n(C)n1. The Hall–Kier alpha value is -2.77. The molecule has 1 aliphatic heterocycles. The molecule has 25 heavy (non-hydrogen) atoms. The van der Waals surface area contributed by atoms with Gasteiger partial charge in [-0.3, -0.25) is 5.32 Å². The molecule has 1 unspecified atom stereocenters. The van der Waals surface area contributed by atoms with Gasteiger partial charge in [0.1, 0.15) is 23.0 Å². The van der Waals surface area contributed by atoms with Crippen LogP contribution in [0, 0.1) is 5.82 Å². The number of hydrogen-bond acceptors (Lipinski definition) is 4. The van der Waals surface area contributed by atoms with Crippen LogP contribution in [0.4, 0.5) is 15.0 Å². The Morgan fingerprint density at radius 3 is 2.88 bits per heavy atom. The molecule has 1 aliphatic rings. The average Bonchev–Trinajstić information content (AvgIpc) is 2.85. The molecule has 0 saturated heterocycles. The highest BCUT2D eigenvalue weighted by Gasteiger charge is 2.34. The van der Waals surface area contributed by atoms with E-state index in [4.69, 9.17) is 9.47 Å². The van der Waals surface area contributed by atoms with Crippen LogP contribution in [0.3, 0.4) is 0 Å². The zero-order valence-electron chi connectivity index (χ0n) is 14.6. The van der Waals surface area contributed by atoms with Crippen molar-refractivity contribution < 1.29 is 18.7 Å². The molecule has 8 heteroatoms. The van der Waals surface area contributed by atoms with E-state index < -0.39 is 5.60 Å². The molecule has 2 N–H and O–H groups in total. The molecule has 0 saturated carbocycles. The van der Waals surface area contributed by atoms with Gasteiger partial charge in [-0.15, -0.1) is 5.10 Å². The number of nitrogens with zero attached hydrogens (tertiary/aromatic N) is 2. The number of nitrogens with one attached hydrogen (secondary N) is 2. The number of urea groups is 1. The normalized spacial score (nSPS) is 18.0. The van der Waals surface area contributed by atoms with Gasteiger partial charge in [0.05, 0.1) is 13.2 Å². The summed E-state index contributed by atoms with van der Waals surface area (Å²) < 4.78 is 25.9. The lowest BCUT2D eigenvalue weighted by molar-refractivity contribution is 0.0678. The topological polar surface area (TPSA) is 77.4 Å². The van der Waals surface area contributed by atoms with Gasteiger partial charge in [-0.1, -0.05) is 6.07 Å². The maximum absolute atomic E-state index is 13.5. The van der Waals surface area contributed by atoms with Crippen LogP contribution in [0.5, 0.6) is 11.6 Å². The second-order valence-corrected chi connectivity index (χ2v) is 6.59. The molecule has 1 atom stereocenters. The smallest absolute Gasteiger partial charge is 0.320 e. The number of fused-ring (bicyclic) bond motifs is 1. The van der Waals surface area contributed by atoms with Gasteiger partial charge in [-0.2, -0.15) is 0 Å². The molecule has 7 nitrogen and oxygen atoms in total. The number of aromatic nitrogens is 2. The molecule has 0 spiro atoms. The summed E-state index contributed by atoms with van der Waals surface area (Å²) in [5.41, 5.74) is 0.229. The van der Waals surface area contributed by atoms with Gasteiger partial charge in [0.15, 0.2) is 0 Å². The lowest BCUT2D eigenvalue weighted by Gasteiger charge is -2.37. The number of ether oxygens (including phenoxy) is 2. The second-order valence-electron chi connectivity index (χ2n) is 6.59. The van der Waals surface area contributed by atoms with Crippen LogP contribution < -0.4 is 20.1 Å². The van der Waals surface area contributed by atoms with E-state index in [-0.39, 0.29) is 17.9 Å². The van der Waals surface area contributed by atoms with Crippen LogP contribution >= 0.6 is 0 Å². The molecule has 3 rings (SSSR count). The highest BCUT2D eigenvalue weighted by atomic mass is 19.1. The minimum atomic E-state index is -0.519. The number of carbonyl (C=O) groups excluding carboxylic acids is 1. The summed E-state index contributed by atoms with van der Waals surface area (Å²) in [6.45, 7) is 3.80. The fourth-order valence-electron chi connectivity index (χ4n) is 2.92. The summed E-state index contributed by atoms with van der Waals surface area (Å²) in [5.74, 6) is 0.983. The summed E-state index contributed by atoms with van der Waals surface area (Å²) in [6, 6.07) is 5.28. The lowest BCUT2D eigenvalue weighted by Crippen LogP contribution is -2.42. The van der Waals surface area contributed by atoms with Crippen molar-refractivity contribution in [2.75, 3.05) is 12.4 Å². The Balaban J connectivity index is 1.77. The number of halogens is 1. The monoisotopic (exact) mass is 348 g/mol. The predicted octanol–water partition coefficient (Wildman–Crippen LogP) is 2.99. The van der Waals surface area contributed by atoms with Crippen LogP contribution in [-0.4, -0.2) is 28.5 Å². The van der Waals surface area contributed by atoms with E-state index in [0.717, 1.165) is 5.56 Å². The predicted molar refractivity (Wildman–Crippen MR) is 90.4 cm³/mol. The molecule has 2 amide bonds. The van der Waals surface area contributed by atoms with Gasteiger partial charge >= 0.3 is 6.03 Å². The number of carbonyl (C=O) groups is 1. The van der Waals surface area contributed by atoms with Crippen molar-refractivity contribution in [2.45, 2.75) is 31.9 Å². The van der Waals surface area contributed by atoms with Crippen molar-refractivity contribution in [1.29, 1.82) is 0 Å². The summed E-state index contributed by atoms with van der Waals surface area (Å²) in [7, 11) is 3.21.